The number of aromatic nitrogens is 3. The van der Waals surface area contributed by atoms with Gasteiger partial charge >= 0.3 is 0 Å². The van der Waals surface area contributed by atoms with Crippen LogP contribution < -0.4 is 0 Å². The number of hydrogen-bond donors (Lipinski definition) is 0. The molecule has 0 atom stereocenters. The van der Waals surface area contributed by atoms with E-state index in [1.165, 1.54) is 65.4 Å². The molecule has 9 aromatic rings. The van der Waals surface area contributed by atoms with Crippen molar-refractivity contribution in [3.63, 3.8) is 0 Å². The molecule has 2 heterocycles. The Kier molecular flexibility index (Phi) is 8.35. The van der Waals surface area contributed by atoms with Crippen molar-refractivity contribution in [2.45, 2.75) is 19.3 Å². The fourth-order valence-electron chi connectivity index (χ4n) is 8.04. The van der Waals surface area contributed by atoms with Crippen molar-refractivity contribution < 1.29 is 0 Å². The van der Waals surface area contributed by atoms with E-state index in [4.69, 9.17) is 15.0 Å². The Morgan fingerprint density at radius 1 is 0.357 bits per heavy atom. The largest absolute Gasteiger partial charge is 0.208 e. The zero-order valence-electron chi connectivity index (χ0n) is 31.1. The van der Waals surface area contributed by atoms with E-state index in [2.05, 4.69) is 166 Å². The molecule has 0 saturated heterocycles. The molecule has 0 N–H and O–H groups in total. The minimum Gasteiger partial charge on any atom is -0.208 e. The molecule has 1 aliphatic rings. The van der Waals surface area contributed by atoms with Crippen LogP contribution in [0.2, 0.25) is 0 Å². The molecule has 3 nitrogen and oxygen atoms in total. The molecule has 4 heteroatoms. The molecular formula is C52H37N3S. The monoisotopic (exact) mass is 735 g/mol. The molecule has 7 aromatic carbocycles. The highest BCUT2D eigenvalue weighted by Gasteiger charge is 2.41. The molecule has 0 radical (unpaired) electrons. The highest BCUT2D eigenvalue weighted by Crippen LogP contribution is 2.60. The van der Waals surface area contributed by atoms with Crippen molar-refractivity contribution in [1.82, 2.24) is 15.0 Å². The first-order chi connectivity index (χ1) is 27.5. The smallest absolute Gasteiger partial charge is 0.164 e. The molecule has 0 saturated carbocycles. The number of rotatable bonds is 7. The van der Waals surface area contributed by atoms with E-state index in [0.717, 1.165) is 16.7 Å². The summed E-state index contributed by atoms with van der Waals surface area (Å²) in [6.45, 7) is 4.73. The summed E-state index contributed by atoms with van der Waals surface area (Å²) in [7, 11) is 0. The second kappa shape index (κ2) is 13.8. The van der Waals surface area contributed by atoms with Crippen LogP contribution in [0.4, 0.5) is 0 Å². The van der Waals surface area contributed by atoms with E-state index in [-0.39, 0.29) is 5.41 Å². The molecule has 1 aliphatic carbocycles. The Balaban J connectivity index is 1.16. The van der Waals surface area contributed by atoms with Gasteiger partial charge in [-0.3, -0.25) is 0 Å². The maximum absolute atomic E-state index is 5.08. The van der Waals surface area contributed by atoms with Gasteiger partial charge in [-0.05, 0) is 62.7 Å². The highest BCUT2D eigenvalue weighted by atomic mass is 32.1. The third kappa shape index (κ3) is 5.96. The lowest BCUT2D eigenvalue weighted by molar-refractivity contribution is 0.674. The van der Waals surface area contributed by atoms with Gasteiger partial charge in [0, 0.05) is 43.0 Å². The maximum atomic E-state index is 5.08. The fraction of sp³-hybridized carbons (Fsp3) is 0.0577. The van der Waals surface area contributed by atoms with Crippen LogP contribution in [0.25, 0.3) is 89.1 Å². The molecule has 2 aromatic heterocycles. The molecule has 10 rings (SSSR count). The Bertz CT molecular complexity index is 2800. The zero-order chi connectivity index (χ0) is 37.6. The topological polar surface area (TPSA) is 38.7 Å². The van der Waals surface area contributed by atoms with Gasteiger partial charge in [0.05, 0.1) is 0 Å². The third-order valence-electron chi connectivity index (χ3n) is 10.9. The summed E-state index contributed by atoms with van der Waals surface area (Å²) in [5, 5.41) is 0. The van der Waals surface area contributed by atoms with Crippen molar-refractivity contribution in [2.24, 2.45) is 0 Å². The Labute approximate surface area is 331 Å². The lowest BCUT2D eigenvalue weighted by Crippen LogP contribution is -2.13. The van der Waals surface area contributed by atoms with Crippen LogP contribution in [-0.2, 0) is 5.41 Å². The van der Waals surface area contributed by atoms with E-state index in [0.29, 0.717) is 17.5 Å². The van der Waals surface area contributed by atoms with Crippen molar-refractivity contribution in [1.29, 1.82) is 0 Å². The average Bonchev–Trinajstić information content (AvgIpc) is 3.78. The zero-order valence-corrected chi connectivity index (χ0v) is 32.0. The van der Waals surface area contributed by atoms with E-state index in [1.54, 1.807) is 0 Å². The average molecular weight is 736 g/mol. The first-order valence-corrected chi connectivity index (χ1v) is 19.8. The first kappa shape index (κ1) is 33.8. The molecule has 0 bridgehead atoms. The van der Waals surface area contributed by atoms with Crippen molar-refractivity contribution in [2.75, 3.05) is 0 Å². The Morgan fingerprint density at radius 2 is 0.786 bits per heavy atom. The molecule has 0 unspecified atom stereocenters. The van der Waals surface area contributed by atoms with Crippen molar-refractivity contribution >= 4 is 11.3 Å². The first-order valence-electron chi connectivity index (χ1n) is 19.0. The van der Waals surface area contributed by atoms with E-state index >= 15 is 0 Å². The molecule has 56 heavy (non-hydrogen) atoms. The van der Waals surface area contributed by atoms with E-state index < -0.39 is 0 Å². The summed E-state index contributed by atoms with van der Waals surface area (Å²) in [6, 6.07) is 66.6. The summed E-state index contributed by atoms with van der Waals surface area (Å²) >= 11 is 1.93. The van der Waals surface area contributed by atoms with Gasteiger partial charge in [-0.2, -0.15) is 0 Å². The van der Waals surface area contributed by atoms with Crippen LogP contribution in [0.5, 0.6) is 0 Å². The number of nitrogens with zero attached hydrogens (tertiary/aromatic N) is 3. The van der Waals surface area contributed by atoms with Crippen LogP contribution in [0.15, 0.2) is 188 Å². The molecule has 266 valence electrons. The highest BCUT2D eigenvalue weighted by molar-refractivity contribution is 7.17. The van der Waals surface area contributed by atoms with Crippen LogP contribution in [0.1, 0.15) is 24.3 Å². The fourth-order valence-corrected chi connectivity index (χ4v) is 9.49. The normalized spacial score (nSPS) is 12.6. The van der Waals surface area contributed by atoms with Crippen LogP contribution in [-0.4, -0.2) is 15.0 Å². The number of thiophene rings is 1. The van der Waals surface area contributed by atoms with Gasteiger partial charge in [0.1, 0.15) is 0 Å². The van der Waals surface area contributed by atoms with Gasteiger partial charge in [-0.1, -0.05) is 184 Å². The lowest BCUT2D eigenvalue weighted by atomic mass is 9.86. The van der Waals surface area contributed by atoms with Gasteiger partial charge in [-0.15, -0.1) is 11.3 Å². The summed E-state index contributed by atoms with van der Waals surface area (Å²) < 4.78 is 0. The quantitative estimate of drug-likeness (QED) is 0.164. The minimum atomic E-state index is -0.260. The standard InChI is InChI=1S/C52H37N3S/c1-52(2)44-33-42(51-54-49(36-21-11-5-12-22-36)53-50(55-51)37-23-13-6-14-24-37)29-30-43(44)46-45(40-27-15-25-38(31-40)34-17-7-3-8-18-34)47(56-48(46)52)41-28-16-26-39(32-41)35-19-9-4-10-20-35/h3-33H,1-2H3. The van der Waals surface area contributed by atoms with Gasteiger partial charge < -0.3 is 0 Å². The SMILES string of the molecule is CC1(C)c2cc(-c3nc(-c4ccccc4)nc(-c4ccccc4)n3)ccc2-c2c1sc(-c1cccc(-c3ccccc3)c1)c2-c1cccc(-c2ccccc2)c1. The lowest BCUT2D eigenvalue weighted by Gasteiger charge is -2.21. The van der Waals surface area contributed by atoms with Crippen molar-refractivity contribution in [3.05, 3.63) is 198 Å². The summed E-state index contributed by atoms with van der Waals surface area (Å²) in [5.41, 5.74) is 15.1. The molecule has 0 amide bonds. The van der Waals surface area contributed by atoms with Gasteiger partial charge in [0.2, 0.25) is 0 Å². The minimum absolute atomic E-state index is 0.260. The number of benzene rings is 7. The molecule has 0 aliphatic heterocycles. The maximum Gasteiger partial charge on any atom is 0.164 e. The van der Waals surface area contributed by atoms with Gasteiger partial charge in [-0.25, -0.2) is 15.0 Å². The Morgan fingerprint density at radius 3 is 1.32 bits per heavy atom. The summed E-state index contributed by atoms with van der Waals surface area (Å²) in [4.78, 5) is 17.8. The van der Waals surface area contributed by atoms with E-state index in [1.807, 2.05) is 47.7 Å². The van der Waals surface area contributed by atoms with Gasteiger partial charge in [0.15, 0.2) is 17.5 Å². The van der Waals surface area contributed by atoms with Crippen LogP contribution in [0.3, 0.4) is 0 Å². The second-order valence-corrected chi connectivity index (χ2v) is 15.8. The predicted molar refractivity (Wildman–Crippen MR) is 233 cm³/mol. The molecule has 0 fully saturated rings. The van der Waals surface area contributed by atoms with Crippen LogP contribution >= 0.6 is 11.3 Å². The molecule has 0 spiro atoms. The predicted octanol–water partition coefficient (Wildman–Crippen LogP) is 13.9. The van der Waals surface area contributed by atoms with Gasteiger partial charge in [0.25, 0.3) is 0 Å². The molecular weight excluding hydrogens is 699 g/mol. The van der Waals surface area contributed by atoms with Crippen LogP contribution in [0, 0.1) is 0 Å². The number of fused-ring (bicyclic) bond motifs is 3. The van der Waals surface area contributed by atoms with E-state index in [9.17, 15) is 0 Å². The Hall–Kier alpha value is -6.75. The number of hydrogen-bond acceptors (Lipinski definition) is 4. The summed E-state index contributed by atoms with van der Waals surface area (Å²) in [6.07, 6.45) is 0. The van der Waals surface area contributed by atoms with Crippen molar-refractivity contribution in [3.8, 4) is 89.1 Å². The summed E-state index contributed by atoms with van der Waals surface area (Å²) in [5.74, 6) is 1.99. The second-order valence-electron chi connectivity index (χ2n) is 14.8. The third-order valence-corrected chi connectivity index (χ3v) is 12.4.